The van der Waals surface area contributed by atoms with Gasteiger partial charge in [-0.15, -0.1) is 0 Å². The predicted octanol–water partition coefficient (Wildman–Crippen LogP) is 3.69. The van der Waals surface area contributed by atoms with Crippen molar-refractivity contribution in [1.82, 2.24) is 5.32 Å². The van der Waals surface area contributed by atoms with Gasteiger partial charge in [-0.2, -0.15) is 0 Å². The Hall–Kier alpha value is -0.540. The lowest BCUT2D eigenvalue weighted by atomic mass is 9.75. The molecule has 1 fully saturated rings. The van der Waals surface area contributed by atoms with Gasteiger partial charge in [-0.1, -0.05) is 15.9 Å². The highest BCUT2D eigenvalue weighted by atomic mass is 79.9. The van der Waals surface area contributed by atoms with Gasteiger partial charge in [0.15, 0.2) is 0 Å². The number of nitrogens with zero attached hydrogens (tertiary/aromatic N) is 1. The number of nitrogens with one attached hydrogen (secondary N) is 1. The fourth-order valence-electron chi connectivity index (χ4n) is 3.57. The molecule has 1 aromatic rings. The van der Waals surface area contributed by atoms with Crippen LogP contribution in [0.15, 0.2) is 22.7 Å². The van der Waals surface area contributed by atoms with Gasteiger partial charge in [-0.25, -0.2) is 0 Å². The number of benzene rings is 1. The largest absolute Gasteiger partial charge is 0.366 e. The van der Waals surface area contributed by atoms with Gasteiger partial charge >= 0.3 is 0 Å². The molecule has 0 unspecified atom stereocenters. The van der Waals surface area contributed by atoms with Crippen LogP contribution in [0, 0.1) is 0 Å². The highest BCUT2D eigenvalue weighted by molar-refractivity contribution is 9.10. The lowest BCUT2D eigenvalue weighted by Gasteiger charge is -2.39. The first kappa shape index (κ1) is 13.4. The molecule has 0 atom stereocenters. The second-order valence-corrected chi connectivity index (χ2v) is 7.86. The summed E-state index contributed by atoms with van der Waals surface area (Å²) in [7, 11) is 0. The molecular weight excluding hydrogens is 300 g/mol. The van der Waals surface area contributed by atoms with Crippen molar-refractivity contribution >= 4 is 21.6 Å². The van der Waals surface area contributed by atoms with E-state index in [0.717, 1.165) is 13.1 Å². The average Bonchev–Trinajstić information content (AvgIpc) is 2.65. The third-order valence-electron chi connectivity index (χ3n) is 4.65. The summed E-state index contributed by atoms with van der Waals surface area (Å²) in [5, 5.41) is 3.50. The van der Waals surface area contributed by atoms with Crippen LogP contribution >= 0.6 is 15.9 Å². The van der Waals surface area contributed by atoms with E-state index in [1.54, 1.807) is 5.56 Å². The van der Waals surface area contributed by atoms with Gasteiger partial charge in [0.2, 0.25) is 0 Å². The maximum absolute atomic E-state index is 3.65. The molecule has 0 radical (unpaired) electrons. The smallest absolute Gasteiger partial charge is 0.0410 e. The Morgan fingerprint density at radius 1 is 1.21 bits per heavy atom. The van der Waals surface area contributed by atoms with Crippen molar-refractivity contribution in [1.29, 1.82) is 0 Å². The second kappa shape index (κ2) is 4.49. The third kappa shape index (κ3) is 2.21. The number of piperidine rings is 1. The Labute approximate surface area is 124 Å². The lowest BCUT2D eigenvalue weighted by molar-refractivity contribution is 0.312. The van der Waals surface area contributed by atoms with Gasteiger partial charge in [-0.05, 0) is 70.5 Å². The van der Waals surface area contributed by atoms with Crippen molar-refractivity contribution in [3.05, 3.63) is 28.2 Å². The quantitative estimate of drug-likeness (QED) is 0.783. The van der Waals surface area contributed by atoms with Crippen LogP contribution in [0.1, 0.15) is 39.2 Å². The van der Waals surface area contributed by atoms with E-state index >= 15 is 0 Å². The molecule has 2 aliphatic heterocycles. The number of rotatable bonds is 0. The summed E-state index contributed by atoms with van der Waals surface area (Å²) in [5.41, 5.74) is 3.55. The molecule has 2 nitrogen and oxygen atoms in total. The summed E-state index contributed by atoms with van der Waals surface area (Å²) >= 11 is 3.65. The maximum atomic E-state index is 3.65. The summed E-state index contributed by atoms with van der Waals surface area (Å²) in [4.78, 5) is 2.60. The van der Waals surface area contributed by atoms with Gasteiger partial charge in [0.05, 0.1) is 0 Å². The van der Waals surface area contributed by atoms with E-state index in [4.69, 9.17) is 0 Å². The zero-order valence-corrected chi connectivity index (χ0v) is 13.7. The lowest BCUT2D eigenvalue weighted by Crippen LogP contribution is -2.47. The Kier molecular flexibility index (Phi) is 3.18. The van der Waals surface area contributed by atoms with Crippen molar-refractivity contribution in [2.24, 2.45) is 0 Å². The standard InChI is InChI=1S/C16H23BrN2/c1-15(2,3)19-11-16(6-8-18-9-7-16)13-10-12(17)4-5-14(13)19/h4-5,10,18H,6-9,11H2,1-3H3. The highest BCUT2D eigenvalue weighted by Gasteiger charge is 2.45. The predicted molar refractivity (Wildman–Crippen MR) is 85.0 cm³/mol. The van der Waals surface area contributed by atoms with E-state index in [2.05, 4.69) is 65.1 Å². The van der Waals surface area contributed by atoms with Gasteiger partial charge < -0.3 is 10.2 Å². The number of fused-ring (bicyclic) bond motifs is 2. The van der Waals surface area contributed by atoms with E-state index in [-0.39, 0.29) is 5.54 Å². The maximum Gasteiger partial charge on any atom is 0.0410 e. The fourth-order valence-corrected chi connectivity index (χ4v) is 3.93. The zero-order valence-electron chi connectivity index (χ0n) is 12.1. The van der Waals surface area contributed by atoms with E-state index in [9.17, 15) is 0 Å². The zero-order chi connectivity index (χ0) is 13.7. The molecule has 0 amide bonds. The third-order valence-corrected chi connectivity index (χ3v) is 5.15. The molecule has 0 bridgehead atoms. The molecule has 0 aliphatic carbocycles. The van der Waals surface area contributed by atoms with Crippen LogP contribution in [0.25, 0.3) is 0 Å². The number of halogens is 1. The van der Waals surface area contributed by atoms with Crippen molar-refractivity contribution < 1.29 is 0 Å². The summed E-state index contributed by atoms with van der Waals surface area (Å²) in [6.07, 6.45) is 2.51. The van der Waals surface area contributed by atoms with Crippen molar-refractivity contribution in [3.63, 3.8) is 0 Å². The van der Waals surface area contributed by atoms with Crippen molar-refractivity contribution in [2.45, 2.75) is 44.6 Å². The molecule has 104 valence electrons. The van der Waals surface area contributed by atoms with Gasteiger partial charge in [0, 0.05) is 27.7 Å². The number of hydrogen-bond acceptors (Lipinski definition) is 2. The molecule has 19 heavy (non-hydrogen) atoms. The minimum atomic E-state index is 0.191. The molecule has 2 heterocycles. The Morgan fingerprint density at radius 2 is 1.89 bits per heavy atom. The Bertz CT molecular complexity index is 484. The summed E-state index contributed by atoms with van der Waals surface area (Å²) in [6.45, 7) is 10.4. The van der Waals surface area contributed by atoms with E-state index in [1.165, 1.54) is 29.5 Å². The van der Waals surface area contributed by atoms with Gasteiger partial charge in [-0.3, -0.25) is 0 Å². The second-order valence-electron chi connectivity index (χ2n) is 6.95. The molecule has 0 saturated carbocycles. The number of hydrogen-bond donors (Lipinski definition) is 1. The molecule has 1 aromatic carbocycles. The van der Waals surface area contributed by atoms with E-state index < -0.39 is 0 Å². The van der Waals surface area contributed by atoms with E-state index in [1.807, 2.05) is 0 Å². The molecule has 3 heteroatoms. The van der Waals surface area contributed by atoms with Crippen LogP contribution in [0.5, 0.6) is 0 Å². The molecular formula is C16H23BrN2. The first-order valence-corrected chi connectivity index (χ1v) is 8.00. The van der Waals surface area contributed by atoms with Crippen LogP contribution in [0.3, 0.4) is 0 Å². The minimum absolute atomic E-state index is 0.191. The normalized spacial score (nSPS) is 21.8. The molecule has 3 rings (SSSR count). The Morgan fingerprint density at radius 3 is 2.53 bits per heavy atom. The summed E-state index contributed by atoms with van der Waals surface area (Å²) in [5.74, 6) is 0. The topological polar surface area (TPSA) is 15.3 Å². The summed E-state index contributed by atoms with van der Waals surface area (Å²) < 4.78 is 1.21. The van der Waals surface area contributed by atoms with Gasteiger partial charge in [0.25, 0.3) is 0 Å². The van der Waals surface area contributed by atoms with Crippen molar-refractivity contribution in [3.8, 4) is 0 Å². The number of anilines is 1. The molecule has 0 aromatic heterocycles. The minimum Gasteiger partial charge on any atom is -0.366 e. The van der Waals surface area contributed by atoms with Crippen LogP contribution in [-0.4, -0.2) is 25.2 Å². The molecule has 1 spiro atoms. The van der Waals surface area contributed by atoms with Gasteiger partial charge in [0.1, 0.15) is 0 Å². The highest BCUT2D eigenvalue weighted by Crippen LogP contribution is 2.49. The molecule has 1 saturated heterocycles. The Balaban J connectivity index is 2.10. The van der Waals surface area contributed by atoms with Crippen LogP contribution < -0.4 is 10.2 Å². The monoisotopic (exact) mass is 322 g/mol. The first-order valence-electron chi connectivity index (χ1n) is 7.21. The summed E-state index contributed by atoms with van der Waals surface area (Å²) in [6, 6.07) is 6.82. The first-order chi connectivity index (χ1) is 8.92. The molecule has 1 N–H and O–H groups in total. The fraction of sp³-hybridized carbons (Fsp3) is 0.625. The van der Waals surface area contributed by atoms with Crippen LogP contribution in [0.2, 0.25) is 0 Å². The van der Waals surface area contributed by atoms with Crippen molar-refractivity contribution in [2.75, 3.05) is 24.5 Å². The van der Waals surface area contributed by atoms with Crippen LogP contribution in [0.4, 0.5) is 5.69 Å². The molecule has 2 aliphatic rings. The average molecular weight is 323 g/mol. The van der Waals surface area contributed by atoms with E-state index in [0.29, 0.717) is 5.41 Å². The SMILES string of the molecule is CC(C)(C)N1CC2(CCNCC2)c2cc(Br)ccc21. The van der Waals surface area contributed by atoms with Crippen LogP contribution in [-0.2, 0) is 5.41 Å².